The first-order valence-electron chi connectivity index (χ1n) is 7.45. The van der Waals surface area contributed by atoms with Crippen LogP contribution in [0.2, 0.25) is 0 Å². The third-order valence-electron chi connectivity index (χ3n) is 3.97. The zero-order valence-corrected chi connectivity index (χ0v) is 13.7. The molecule has 0 aliphatic carbocycles. The summed E-state index contributed by atoms with van der Waals surface area (Å²) in [6.07, 6.45) is 4.18. The first kappa shape index (κ1) is 14.1. The highest BCUT2D eigenvalue weighted by Gasteiger charge is 2.17. The van der Waals surface area contributed by atoms with Gasteiger partial charge in [-0.15, -0.1) is 16.4 Å². The number of rotatable bonds is 3. The summed E-state index contributed by atoms with van der Waals surface area (Å²) in [5, 5.41) is 5.55. The Labute approximate surface area is 136 Å². The summed E-state index contributed by atoms with van der Waals surface area (Å²) in [6, 6.07) is 5.64. The predicted octanol–water partition coefficient (Wildman–Crippen LogP) is 2.42. The molecule has 4 aromatic rings. The average molecular weight is 325 g/mol. The van der Waals surface area contributed by atoms with E-state index in [4.69, 9.17) is 0 Å². The zero-order chi connectivity index (χ0) is 16.0. The molecule has 4 rings (SSSR count). The van der Waals surface area contributed by atoms with Gasteiger partial charge in [-0.05, 0) is 31.0 Å². The number of aryl methyl sites for hydroxylation is 2. The van der Waals surface area contributed by atoms with E-state index in [1.165, 1.54) is 19.5 Å². The smallest absolute Gasteiger partial charge is 0.259 e. The molecule has 0 saturated heterocycles. The van der Waals surface area contributed by atoms with Crippen LogP contribution in [0.1, 0.15) is 23.1 Å². The van der Waals surface area contributed by atoms with Crippen LogP contribution in [0, 0.1) is 6.92 Å². The maximum Gasteiger partial charge on any atom is 0.351 e. The minimum atomic E-state index is -0.189. The third kappa shape index (κ3) is 2.16. The van der Waals surface area contributed by atoms with Gasteiger partial charge >= 0.3 is 5.69 Å². The fourth-order valence-corrected chi connectivity index (χ4v) is 3.94. The van der Waals surface area contributed by atoms with Crippen molar-refractivity contribution >= 4 is 27.2 Å². The van der Waals surface area contributed by atoms with Crippen molar-refractivity contribution in [1.82, 2.24) is 24.1 Å². The lowest BCUT2D eigenvalue weighted by atomic mass is 10.1. The van der Waals surface area contributed by atoms with Crippen LogP contribution in [0.25, 0.3) is 15.9 Å². The second-order valence-electron chi connectivity index (χ2n) is 5.37. The highest BCUT2D eigenvalue weighted by Crippen LogP contribution is 2.31. The first-order valence-corrected chi connectivity index (χ1v) is 8.26. The highest BCUT2D eigenvalue weighted by molar-refractivity contribution is 7.18. The Morgan fingerprint density at radius 1 is 1.26 bits per heavy atom. The molecule has 0 aliphatic rings. The van der Waals surface area contributed by atoms with Gasteiger partial charge in [0.15, 0.2) is 5.65 Å². The van der Waals surface area contributed by atoms with E-state index in [-0.39, 0.29) is 5.69 Å². The molecule has 0 atom stereocenters. The molecule has 0 spiro atoms. The number of hydrogen-bond donors (Lipinski definition) is 0. The molecule has 0 aliphatic heterocycles. The van der Waals surface area contributed by atoms with Crippen LogP contribution in [0.3, 0.4) is 0 Å². The van der Waals surface area contributed by atoms with Gasteiger partial charge in [0.05, 0.1) is 17.6 Å². The van der Waals surface area contributed by atoms with Crippen molar-refractivity contribution in [3.05, 3.63) is 57.3 Å². The molecule has 6 nitrogen and oxygen atoms in total. The molecule has 0 saturated carbocycles. The van der Waals surface area contributed by atoms with Crippen molar-refractivity contribution in [2.75, 3.05) is 0 Å². The topological polar surface area (TPSA) is 65.1 Å². The molecule has 4 heterocycles. The summed E-state index contributed by atoms with van der Waals surface area (Å²) in [7, 11) is 0. The Bertz CT molecular complexity index is 1060. The Morgan fingerprint density at radius 3 is 2.87 bits per heavy atom. The standard InChI is InChI=1S/C16H15N5OS/c1-3-12-10(2)23-15-13(12)14-19-21(16(22)20(14)9-18-15)8-11-6-4-5-7-17-11/h4-7,9H,3,8H2,1-2H3. The van der Waals surface area contributed by atoms with Gasteiger partial charge in [-0.1, -0.05) is 13.0 Å². The summed E-state index contributed by atoms with van der Waals surface area (Å²) in [6.45, 7) is 4.55. The summed E-state index contributed by atoms with van der Waals surface area (Å²) in [5.41, 5.74) is 2.51. The first-order chi connectivity index (χ1) is 11.2. The lowest BCUT2D eigenvalue weighted by Gasteiger charge is -1.97. The summed E-state index contributed by atoms with van der Waals surface area (Å²) in [4.78, 5) is 23.4. The third-order valence-corrected chi connectivity index (χ3v) is 5.02. The second-order valence-corrected chi connectivity index (χ2v) is 6.57. The van der Waals surface area contributed by atoms with E-state index in [0.29, 0.717) is 12.2 Å². The lowest BCUT2D eigenvalue weighted by Crippen LogP contribution is -2.22. The van der Waals surface area contributed by atoms with Gasteiger partial charge in [0, 0.05) is 11.1 Å². The fourth-order valence-electron chi connectivity index (χ4n) is 2.86. The molecule has 7 heteroatoms. The van der Waals surface area contributed by atoms with Gasteiger partial charge in [-0.3, -0.25) is 4.98 Å². The quantitative estimate of drug-likeness (QED) is 0.580. The lowest BCUT2D eigenvalue weighted by molar-refractivity contribution is 0.646. The number of nitrogens with zero attached hydrogens (tertiary/aromatic N) is 5. The number of pyridine rings is 1. The Kier molecular flexibility index (Phi) is 3.23. The largest absolute Gasteiger partial charge is 0.351 e. The normalized spacial score (nSPS) is 11.6. The van der Waals surface area contributed by atoms with Crippen LogP contribution in [0.5, 0.6) is 0 Å². The number of hydrogen-bond acceptors (Lipinski definition) is 5. The van der Waals surface area contributed by atoms with Crippen LogP contribution in [0.15, 0.2) is 35.5 Å². The van der Waals surface area contributed by atoms with E-state index >= 15 is 0 Å². The molecule has 116 valence electrons. The summed E-state index contributed by atoms with van der Waals surface area (Å²) < 4.78 is 2.97. The Balaban J connectivity index is 1.96. The molecule has 4 aromatic heterocycles. The monoisotopic (exact) mass is 325 g/mol. The highest BCUT2D eigenvalue weighted by atomic mass is 32.1. The molecule has 0 aromatic carbocycles. The minimum absolute atomic E-state index is 0.189. The van der Waals surface area contributed by atoms with Crippen LogP contribution >= 0.6 is 11.3 Å². The number of thiophene rings is 1. The molecule has 0 bridgehead atoms. The molecule has 23 heavy (non-hydrogen) atoms. The molecular weight excluding hydrogens is 310 g/mol. The van der Waals surface area contributed by atoms with Crippen LogP contribution < -0.4 is 5.69 Å². The maximum absolute atomic E-state index is 12.6. The predicted molar refractivity (Wildman–Crippen MR) is 90.1 cm³/mol. The molecule has 0 fully saturated rings. The molecular formula is C16H15N5OS. The minimum Gasteiger partial charge on any atom is -0.259 e. The van der Waals surface area contributed by atoms with Gasteiger partial charge < -0.3 is 0 Å². The van der Waals surface area contributed by atoms with Crippen molar-refractivity contribution in [3.8, 4) is 0 Å². The van der Waals surface area contributed by atoms with Gasteiger partial charge in [0.1, 0.15) is 11.2 Å². The van der Waals surface area contributed by atoms with Crippen molar-refractivity contribution in [2.45, 2.75) is 26.8 Å². The van der Waals surface area contributed by atoms with Crippen molar-refractivity contribution < 1.29 is 0 Å². The van der Waals surface area contributed by atoms with Gasteiger partial charge in [-0.2, -0.15) is 0 Å². The maximum atomic E-state index is 12.6. The Hall–Kier alpha value is -2.54. The van der Waals surface area contributed by atoms with Crippen molar-refractivity contribution in [3.63, 3.8) is 0 Å². The molecule has 0 amide bonds. The van der Waals surface area contributed by atoms with E-state index in [9.17, 15) is 4.79 Å². The average Bonchev–Trinajstić information content (AvgIpc) is 3.05. The van der Waals surface area contributed by atoms with E-state index in [0.717, 1.165) is 22.3 Å². The van der Waals surface area contributed by atoms with Crippen LogP contribution in [-0.4, -0.2) is 24.1 Å². The van der Waals surface area contributed by atoms with Gasteiger partial charge in [0.25, 0.3) is 0 Å². The fraction of sp³-hybridized carbons (Fsp3) is 0.250. The summed E-state index contributed by atoms with van der Waals surface area (Å²) in [5.74, 6) is 0. The van der Waals surface area contributed by atoms with Crippen LogP contribution in [-0.2, 0) is 13.0 Å². The van der Waals surface area contributed by atoms with E-state index in [1.807, 2.05) is 18.2 Å². The van der Waals surface area contributed by atoms with E-state index < -0.39 is 0 Å². The van der Waals surface area contributed by atoms with E-state index in [1.54, 1.807) is 23.9 Å². The van der Waals surface area contributed by atoms with Gasteiger partial charge in [-0.25, -0.2) is 18.9 Å². The van der Waals surface area contributed by atoms with Crippen molar-refractivity contribution in [1.29, 1.82) is 0 Å². The van der Waals surface area contributed by atoms with Gasteiger partial charge in [0.2, 0.25) is 0 Å². The molecule has 0 radical (unpaired) electrons. The number of aromatic nitrogens is 5. The Morgan fingerprint density at radius 2 is 2.13 bits per heavy atom. The summed E-state index contributed by atoms with van der Waals surface area (Å²) >= 11 is 1.65. The SMILES string of the molecule is CCc1c(C)sc2ncn3c(=O)n(Cc4ccccn4)nc3c12. The van der Waals surface area contributed by atoms with E-state index in [2.05, 4.69) is 28.9 Å². The number of fused-ring (bicyclic) bond motifs is 3. The zero-order valence-electron chi connectivity index (χ0n) is 12.9. The van der Waals surface area contributed by atoms with Crippen LogP contribution in [0.4, 0.5) is 0 Å². The second kappa shape index (κ2) is 5.27. The molecule has 0 unspecified atom stereocenters. The molecule has 0 N–H and O–H groups in total. The van der Waals surface area contributed by atoms with Crippen molar-refractivity contribution in [2.24, 2.45) is 0 Å².